The Morgan fingerprint density at radius 3 is 2.30 bits per heavy atom. The van der Waals surface area contributed by atoms with E-state index in [1.807, 2.05) is 65.6 Å². The predicted octanol–water partition coefficient (Wildman–Crippen LogP) is 3.84. The van der Waals surface area contributed by atoms with Gasteiger partial charge >= 0.3 is 0 Å². The van der Waals surface area contributed by atoms with Crippen LogP contribution in [0.4, 0.5) is 0 Å². The van der Waals surface area contributed by atoms with E-state index in [4.69, 9.17) is 4.74 Å². The van der Waals surface area contributed by atoms with Crippen LogP contribution in [-0.4, -0.2) is 54.0 Å². The van der Waals surface area contributed by atoms with Gasteiger partial charge < -0.3 is 25.4 Å². The first kappa shape index (κ1) is 26.2. The Balaban J connectivity index is 1.40. The van der Waals surface area contributed by atoms with Crippen molar-refractivity contribution in [2.45, 2.75) is 38.6 Å². The molecule has 1 saturated heterocycles. The first-order valence-electron chi connectivity index (χ1n) is 12.9. The molecular weight excluding hydrogens is 466 g/mol. The maximum atomic E-state index is 13.3. The number of carbonyl (C=O) groups is 2. The van der Waals surface area contributed by atoms with Gasteiger partial charge in [0.25, 0.3) is 0 Å². The average molecular weight is 502 g/mol. The molecule has 7 nitrogen and oxygen atoms in total. The van der Waals surface area contributed by atoms with Crippen LogP contribution < -0.4 is 15.4 Å². The largest absolute Gasteiger partial charge is 0.508 e. The molecule has 0 saturated carbocycles. The SMILES string of the molecule is CC(=O)NCCc1ccccc1Oc1ccccc1CCC(=O)N1CCNCC1Cc1ccc(O)cc1. The quantitative estimate of drug-likeness (QED) is 0.393. The van der Waals surface area contributed by atoms with Crippen LogP contribution in [0.1, 0.15) is 30.0 Å². The van der Waals surface area contributed by atoms with Crippen molar-refractivity contribution >= 4 is 11.8 Å². The van der Waals surface area contributed by atoms with Gasteiger partial charge in [-0.15, -0.1) is 0 Å². The minimum absolute atomic E-state index is 0.0526. The summed E-state index contributed by atoms with van der Waals surface area (Å²) in [6, 6.07) is 22.9. The third kappa shape index (κ3) is 7.57. The summed E-state index contributed by atoms with van der Waals surface area (Å²) in [5, 5.41) is 15.8. The van der Waals surface area contributed by atoms with E-state index in [1.165, 1.54) is 6.92 Å². The van der Waals surface area contributed by atoms with Gasteiger partial charge in [0.05, 0.1) is 0 Å². The Morgan fingerprint density at radius 1 is 0.973 bits per heavy atom. The molecule has 1 aliphatic heterocycles. The van der Waals surface area contributed by atoms with Crippen molar-refractivity contribution in [3.05, 3.63) is 89.5 Å². The third-order valence-electron chi connectivity index (χ3n) is 6.62. The third-order valence-corrected chi connectivity index (χ3v) is 6.62. The minimum Gasteiger partial charge on any atom is -0.508 e. The summed E-state index contributed by atoms with van der Waals surface area (Å²) >= 11 is 0. The van der Waals surface area contributed by atoms with Crippen LogP contribution in [0.2, 0.25) is 0 Å². The molecule has 194 valence electrons. The van der Waals surface area contributed by atoms with Crippen LogP contribution in [0, 0.1) is 0 Å². The van der Waals surface area contributed by atoms with Crippen molar-refractivity contribution in [2.24, 2.45) is 0 Å². The van der Waals surface area contributed by atoms with Crippen molar-refractivity contribution in [2.75, 3.05) is 26.2 Å². The van der Waals surface area contributed by atoms with Crippen LogP contribution in [0.25, 0.3) is 0 Å². The smallest absolute Gasteiger partial charge is 0.223 e. The van der Waals surface area contributed by atoms with Crippen LogP contribution in [0.15, 0.2) is 72.8 Å². The maximum Gasteiger partial charge on any atom is 0.223 e. The molecule has 1 unspecified atom stereocenters. The molecule has 1 aliphatic rings. The summed E-state index contributed by atoms with van der Waals surface area (Å²) in [7, 11) is 0. The number of para-hydroxylation sites is 2. The second-order valence-electron chi connectivity index (χ2n) is 9.37. The lowest BCUT2D eigenvalue weighted by Gasteiger charge is -2.36. The summed E-state index contributed by atoms with van der Waals surface area (Å²) in [6.07, 6.45) is 2.39. The number of amides is 2. The molecular formula is C30H35N3O4. The fourth-order valence-electron chi connectivity index (χ4n) is 4.67. The van der Waals surface area contributed by atoms with E-state index in [-0.39, 0.29) is 23.6 Å². The Bertz CT molecular complexity index is 1200. The second-order valence-corrected chi connectivity index (χ2v) is 9.37. The Morgan fingerprint density at radius 2 is 1.62 bits per heavy atom. The maximum absolute atomic E-state index is 13.3. The highest BCUT2D eigenvalue weighted by Gasteiger charge is 2.26. The van der Waals surface area contributed by atoms with Crippen LogP contribution >= 0.6 is 0 Å². The molecule has 4 rings (SSSR count). The van der Waals surface area contributed by atoms with Gasteiger partial charge in [-0.05, 0) is 60.2 Å². The number of piperazine rings is 1. The summed E-state index contributed by atoms with van der Waals surface area (Å²) in [5.41, 5.74) is 3.10. The number of phenols is 1. The fraction of sp³-hybridized carbons (Fsp3) is 0.333. The normalized spacial score (nSPS) is 15.3. The molecule has 3 N–H and O–H groups in total. The molecule has 3 aromatic rings. The summed E-state index contributed by atoms with van der Waals surface area (Å²) in [5.74, 6) is 1.82. The van der Waals surface area contributed by atoms with Crippen LogP contribution in [-0.2, 0) is 28.9 Å². The van der Waals surface area contributed by atoms with E-state index in [0.29, 0.717) is 32.4 Å². The van der Waals surface area contributed by atoms with Crippen molar-refractivity contribution < 1.29 is 19.4 Å². The zero-order chi connectivity index (χ0) is 26.0. The van der Waals surface area contributed by atoms with Crippen LogP contribution in [0.3, 0.4) is 0 Å². The van der Waals surface area contributed by atoms with Gasteiger partial charge in [0.1, 0.15) is 17.2 Å². The number of carbonyl (C=O) groups excluding carboxylic acids is 2. The highest BCUT2D eigenvalue weighted by atomic mass is 16.5. The summed E-state index contributed by atoms with van der Waals surface area (Å²) in [4.78, 5) is 26.5. The van der Waals surface area contributed by atoms with E-state index in [2.05, 4.69) is 10.6 Å². The Kier molecular flexibility index (Phi) is 9.16. The zero-order valence-electron chi connectivity index (χ0n) is 21.3. The van der Waals surface area contributed by atoms with E-state index in [1.54, 1.807) is 12.1 Å². The van der Waals surface area contributed by atoms with E-state index in [0.717, 1.165) is 47.7 Å². The number of nitrogens with one attached hydrogen (secondary N) is 2. The van der Waals surface area contributed by atoms with Crippen molar-refractivity contribution in [3.8, 4) is 17.2 Å². The first-order chi connectivity index (χ1) is 18.0. The molecule has 37 heavy (non-hydrogen) atoms. The molecule has 0 radical (unpaired) electrons. The Hall–Kier alpha value is -3.84. The molecule has 3 aromatic carbocycles. The van der Waals surface area contributed by atoms with E-state index >= 15 is 0 Å². The molecule has 1 fully saturated rings. The molecule has 7 heteroatoms. The van der Waals surface area contributed by atoms with Crippen LogP contribution in [0.5, 0.6) is 17.2 Å². The molecule has 0 bridgehead atoms. The van der Waals surface area contributed by atoms with Gasteiger partial charge in [-0.25, -0.2) is 0 Å². The van der Waals surface area contributed by atoms with Gasteiger partial charge in [-0.2, -0.15) is 0 Å². The predicted molar refractivity (Wildman–Crippen MR) is 144 cm³/mol. The summed E-state index contributed by atoms with van der Waals surface area (Å²) in [6.45, 7) is 4.27. The highest BCUT2D eigenvalue weighted by molar-refractivity contribution is 5.77. The minimum atomic E-state index is -0.0526. The molecule has 1 atom stereocenters. The summed E-state index contributed by atoms with van der Waals surface area (Å²) < 4.78 is 6.32. The lowest BCUT2D eigenvalue weighted by molar-refractivity contribution is -0.134. The van der Waals surface area contributed by atoms with Gasteiger partial charge in [-0.3, -0.25) is 9.59 Å². The highest BCUT2D eigenvalue weighted by Crippen LogP contribution is 2.29. The second kappa shape index (κ2) is 12.9. The molecule has 2 amide bonds. The molecule has 1 heterocycles. The standard InChI is InChI=1S/C30H35N3O4/c1-22(34)32-17-16-25-7-3-5-9-29(25)37-28-8-4-2-6-24(28)12-15-30(36)33-19-18-31-21-26(33)20-23-10-13-27(35)14-11-23/h2-11,13-14,26,31,35H,12,15-21H2,1H3,(H,32,34). The van der Waals surface area contributed by atoms with Gasteiger partial charge in [0, 0.05) is 45.6 Å². The lowest BCUT2D eigenvalue weighted by Crippen LogP contribution is -2.54. The topological polar surface area (TPSA) is 90.9 Å². The fourth-order valence-corrected chi connectivity index (χ4v) is 4.67. The number of aromatic hydroxyl groups is 1. The number of phenolic OH excluding ortho intramolecular Hbond substituents is 1. The number of hydrogen-bond donors (Lipinski definition) is 3. The van der Waals surface area contributed by atoms with Crippen molar-refractivity contribution in [1.29, 1.82) is 0 Å². The van der Waals surface area contributed by atoms with E-state index < -0.39 is 0 Å². The Labute approximate surface area is 218 Å². The number of benzene rings is 3. The van der Waals surface area contributed by atoms with Crippen molar-refractivity contribution in [3.63, 3.8) is 0 Å². The monoisotopic (exact) mass is 501 g/mol. The lowest BCUT2D eigenvalue weighted by atomic mass is 10.0. The number of aryl methyl sites for hydroxylation is 1. The average Bonchev–Trinajstić information content (AvgIpc) is 2.90. The van der Waals surface area contributed by atoms with E-state index in [9.17, 15) is 14.7 Å². The number of ether oxygens (including phenoxy) is 1. The van der Waals surface area contributed by atoms with Gasteiger partial charge in [0.15, 0.2) is 0 Å². The number of rotatable bonds is 10. The van der Waals surface area contributed by atoms with Crippen molar-refractivity contribution in [1.82, 2.24) is 15.5 Å². The molecule has 0 spiro atoms. The number of nitrogens with zero attached hydrogens (tertiary/aromatic N) is 1. The molecule has 0 aliphatic carbocycles. The first-order valence-corrected chi connectivity index (χ1v) is 12.9. The molecule has 0 aromatic heterocycles. The number of hydrogen-bond acceptors (Lipinski definition) is 5. The van der Waals surface area contributed by atoms with Gasteiger partial charge in [0.2, 0.25) is 11.8 Å². The zero-order valence-corrected chi connectivity index (χ0v) is 21.3. The van der Waals surface area contributed by atoms with Gasteiger partial charge in [-0.1, -0.05) is 48.5 Å².